The van der Waals surface area contributed by atoms with Gasteiger partial charge in [0.25, 0.3) is 0 Å². The number of benzene rings is 1. The molecule has 0 bridgehead atoms. The van der Waals surface area contributed by atoms with Crippen LogP contribution in [0.1, 0.15) is 19.8 Å². The normalized spacial score (nSPS) is 11.6. The lowest BCUT2D eigenvalue weighted by Gasteiger charge is -2.06. The average molecular weight is 274 g/mol. The Morgan fingerprint density at radius 1 is 1.24 bits per heavy atom. The first kappa shape index (κ1) is 14.4. The van der Waals surface area contributed by atoms with Crippen molar-refractivity contribution in [3.63, 3.8) is 0 Å². The fraction of sp³-hybridized carbons (Fsp3) is 0.500. The molecule has 0 atom stereocenters. The maximum atomic E-state index is 11.9. The van der Waals surface area contributed by atoms with Crippen molar-refractivity contribution in [3.8, 4) is 5.75 Å². The molecule has 17 heavy (non-hydrogen) atoms. The van der Waals surface area contributed by atoms with Gasteiger partial charge in [-0.1, -0.05) is 25.5 Å². The molecular weight excluding hydrogens is 256 g/mol. The van der Waals surface area contributed by atoms with E-state index in [9.17, 15) is 13.5 Å². The number of thioether (sulfide) groups is 1. The van der Waals surface area contributed by atoms with Gasteiger partial charge in [-0.15, -0.1) is 0 Å². The Labute approximate surface area is 107 Å². The van der Waals surface area contributed by atoms with Crippen molar-refractivity contribution in [3.05, 3.63) is 24.3 Å². The number of phenols is 1. The molecule has 3 nitrogen and oxygen atoms in total. The summed E-state index contributed by atoms with van der Waals surface area (Å²) in [4.78, 5) is 0.0380. The van der Waals surface area contributed by atoms with Gasteiger partial charge in [-0.2, -0.15) is 11.8 Å². The quantitative estimate of drug-likeness (QED) is 0.777. The molecule has 1 aromatic carbocycles. The Kier molecular flexibility index (Phi) is 5.85. The zero-order chi connectivity index (χ0) is 12.7. The molecule has 0 amide bonds. The van der Waals surface area contributed by atoms with Crippen molar-refractivity contribution >= 4 is 21.6 Å². The largest absolute Gasteiger partial charge is 0.507 e. The van der Waals surface area contributed by atoms with Crippen LogP contribution in [0.3, 0.4) is 0 Å². The topological polar surface area (TPSA) is 54.4 Å². The Balaban J connectivity index is 2.55. The van der Waals surface area contributed by atoms with Gasteiger partial charge in [0.05, 0.1) is 5.75 Å². The van der Waals surface area contributed by atoms with Gasteiger partial charge < -0.3 is 5.11 Å². The molecule has 1 aromatic rings. The second-order valence-electron chi connectivity index (χ2n) is 3.75. The Morgan fingerprint density at radius 3 is 2.59 bits per heavy atom. The van der Waals surface area contributed by atoms with Crippen molar-refractivity contribution in [1.29, 1.82) is 0 Å². The molecule has 5 heteroatoms. The number of unbranched alkanes of at least 4 members (excludes halogenated alkanes) is 1. The van der Waals surface area contributed by atoms with Crippen LogP contribution in [-0.4, -0.2) is 30.8 Å². The number of hydrogen-bond donors (Lipinski definition) is 1. The van der Waals surface area contributed by atoms with Crippen LogP contribution in [0.2, 0.25) is 0 Å². The molecule has 0 heterocycles. The lowest BCUT2D eigenvalue weighted by molar-refractivity contribution is 0.459. The van der Waals surface area contributed by atoms with Gasteiger partial charge >= 0.3 is 0 Å². The van der Waals surface area contributed by atoms with Gasteiger partial charge in [0.1, 0.15) is 10.6 Å². The first-order valence-corrected chi connectivity index (χ1v) is 8.47. The van der Waals surface area contributed by atoms with Crippen LogP contribution in [-0.2, 0) is 9.84 Å². The van der Waals surface area contributed by atoms with E-state index in [0.29, 0.717) is 5.75 Å². The standard InChI is InChI=1S/C12H18O3S2/c1-2-3-8-16-9-10-17(14,15)12-7-5-4-6-11(12)13/h4-7,13H,2-3,8-10H2,1H3. The summed E-state index contributed by atoms with van der Waals surface area (Å²) < 4.78 is 23.8. The number of hydrogen-bond acceptors (Lipinski definition) is 4. The monoisotopic (exact) mass is 274 g/mol. The van der Waals surface area contributed by atoms with Crippen LogP contribution in [0.4, 0.5) is 0 Å². The molecule has 0 unspecified atom stereocenters. The summed E-state index contributed by atoms with van der Waals surface area (Å²) in [7, 11) is -3.35. The minimum absolute atomic E-state index is 0.0380. The summed E-state index contributed by atoms with van der Waals surface area (Å²) >= 11 is 1.64. The maximum Gasteiger partial charge on any atom is 0.182 e. The zero-order valence-electron chi connectivity index (χ0n) is 9.93. The third kappa shape index (κ3) is 4.60. The summed E-state index contributed by atoms with van der Waals surface area (Å²) in [6.45, 7) is 2.11. The van der Waals surface area contributed by atoms with Crippen LogP contribution in [0.15, 0.2) is 29.2 Å². The number of phenolic OH excluding ortho intramolecular Hbond substituents is 1. The molecule has 1 rings (SSSR count). The van der Waals surface area contributed by atoms with Crippen molar-refractivity contribution in [2.45, 2.75) is 24.7 Å². The summed E-state index contributed by atoms with van der Waals surface area (Å²) in [6.07, 6.45) is 2.24. The number of rotatable bonds is 7. The fourth-order valence-corrected chi connectivity index (χ4v) is 4.29. The lowest BCUT2D eigenvalue weighted by Crippen LogP contribution is -2.09. The lowest BCUT2D eigenvalue weighted by atomic mass is 10.3. The molecule has 0 saturated heterocycles. The van der Waals surface area contributed by atoms with Gasteiger partial charge in [0.2, 0.25) is 0 Å². The van der Waals surface area contributed by atoms with E-state index in [1.165, 1.54) is 12.1 Å². The molecule has 0 aromatic heterocycles. The van der Waals surface area contributed by atoms with E-state index < -0.39 is 9.84 Å². The summed E-state index contributed by atoms with van der Waals surface area (Å²) in [5.41, 5.74) is 0. The average Bonchev–Trinajstić information content (AvgIpc) is 2.29. The van der Waals surface area contributed by atoms with Crippen molar-refractivity contribution in [2.75, 3.05) is 17.3 Å². The van der Waals surface area contributed by atoms with E-state index in [0.717, 1.165) is 18.6 Å². The minimum Gasteiger partial charge on any atom is -0.507 e. The number of para-hydroxylation sites is 1. The molecule has 96 valence electrons. The summed E-state index contributed by atoms with van der Waals surface area (Å²) in [5, 5.41) is 9.50. The molecule has 0 radical (unpaired) electrons. The van der Waals surface area contributed by atoms with Gasteiger partial charge in [0, 0.05) is 5.75 Å². The smallest absolute Gasteiger partial charge is 0.182 e. The molecule has 0 aliphatic rings. The Morgan fingerprint density at radius 2 is 1.94 bits per heavy atom. The van der Waals surface area contributed by atoms with E-state index in [-0.39, 0.29) is 16.4 Å². The van der Waals surface area contributed by atoms with Crippen LogP contribution >= 0.6 is 11.8 Å². The van der Waals surface area contributed by atoms with E-state index in [4.69, 9.17) is 0 Å². The highest BCUT2D eigenvalue weighted by Gasteiger charge is 2.17. The van der Waals surface area contributed by atoms with Gasteiger partial charge in [-0.05, 0) is 24.3 Å². The van der Waals surface area contributed by atoms with E-state index in [1.54, 1.807) is 23.9 Å². The highest BCUT2D eigenvalue weighted by molar-refractivity contribution is 8.00. The molecule has 0 spiro atoms. The van der Waals surface area contributed by atoms with Crippen LogP contribution in [0.5, 0.6) is 5.75 Å². The fourth-order valence-electron chi connectivity index (χ4n) is 1.35. The van der Waals surface area contributed by atoms with Crippen LogP contribution in [0, 0.1) is 0 Å². The summed E-state index contributed by atoms with van der Waals surface area (Å²) in [6, 6.07) is 6.08. The number of sulfone groups is 1. The molecule has 0 saturated carbocycles. The van der Waals surface area contributed by atoms with E-state index in [2.05, 4.69) is 6.92 Å². The highest BCUT2D eigenvalue weighted by Crippen LogP contribution is 2.23. The first-order chi connectivity index (χ1) is 8.08. The van der Waals surface area contributed by atoms with Crippen molar-refractivity contribution < 1.29 is 13.5 Å². The van der Waals surface area contributed by atoms with Crippen molar-refractivity contribution in [1.82, 2.24) is 0 Å². The third-order valence-corrected chi connectivity index (χ3v) is 5.42. The predicted octanol–water partition coefficient (Wildman–Crippen LogP) is 2.70. The second kappa shape index (κ2) is 6.91. The first-order valence-electron chi connectivity index (χ1n) is 5.66. The Hall–Kier alpha value is -0.680. The molecular formula is C12H18O3S2. The SMILES string of the molecule is CCCCSCCS(=O)(=O)c1ccccc1O. The molecule has 0 aliphatic heterocycles. The predicted molar refractivity (Wildman–Crippen MR) is 72.4 cm³/mol. The van der Waals surface area contributed by atoms with Gasteiger partial charge in [0.15, 0.2) is 9.84 Å². The van der Waals surface area contributed by atoms with Crippen LogP contribution < -0.4 is 0 Å². The molecule has 1 N–H and O–H groups in total. The van der Waals surface area contributed by atoms with Crippen LogP contribution in [0.25, 0.3) is 0 Å². The summed E-state index contributed by atoms with van der Waals surface area (Å²) in [5.74, 6) is 1.49. The molecule has 0 aliphatic carbocycles. The third-order valence-electron chi connectivity index (χ3n) is 2.34. The minimum atomic E-state index is -3.35. The maximum absolute atomic E-state index is 11.9. The van der Waals surface area contributed by atoms with Crippen molar-refractivity contribution in [2.24, 2.45) is 0 Å². The molecule has 0 fully saturated rings. The van der Waals surface area contributed by atoms with Gasteiger partial charge in [-0.3, -0.25) is 0 Å². The second-order valence-corrected chi connectivity index (χ2v) is 7.05. The highest BCUT2D eigenvalue weighted by atomic mass is 32.2. The Bertz CT molecular complexity index is 441. The zero-order valence-corrected chi connectivity index (χ0v) is 11.6. The van der Waals surface area contributed by atoms with Gasteiger partial charge in [-0.25, -0.2) is 8.42 Å². The van der Waals surface area contributed by atoms with E-state index in [1.807, 2.05) is 0 Å². The number of aromatic hydroxyl groups is 1. The van der Waals surface area contributed by atoms with E-state index >= 15 is 0 Å².